The van der Waals surface area contributed by atoms with E-state index in [1.807, 2.05) is 6.07 Å². The molecular formula is C17H24N4O2. The van der Waals surface area contributed by atoms with Crippen LogP contribution in [0.5, 0.6) is 0 Å². The molecule has 6 heteroatoms. The summed E-state index contributed by atoms with van der Waals surface area (Å²) in [4.78, 5) is 21.0. The molecule has 4 heterocycles. The summed E-state index contributed by atoms with van der Waals surface area (Å²) in [6, 6.07) is 5.09. The number of hydrogen-bond acceptors (Lipinski definition) is 5. The van der Waals surface area contributed by atoms with Crippen molar-refractivity contribution in [3.63, 3.8) is 0 Å². The van der Waals surface area contributed by atoms with Crippen LogP contribution in [0.15, 0.2) is 12.1 Å². The lowest BCUT2D eigenvalue weighted by Crippen LogP contribution is -2.55. The van der Waals surface area contributed by atoms with Gasteiger partial charge in [-0.05, 0) is 37.8 Å². The highest BCUT2D eigenvalue weighted by atomic mass is 16.6. The van der Waals surface area contributed by atoms with Crippen molar-refractivity contribution in [1.29, 1.82) is 0 Å². The molecule has 2 unspecified atom stereocenters. The molecule has 2 fully saturated rings. The third-order valence-electron chi connectivity index (χ3n) is 5.11. The molecule has 3 aliphatic rings. The van der Waals surface area contributed by atoms with Gasteiger partial charge in [0.15, 0.2) is 0 Å². The summed E-state index contributed by atoms with van der Waals surface area (Å²) in [6.07, 6.45) is 2.99. The van der Waals surface area contributed by atoms with Gasteiger partial charge < -0.3 is 19.9 Å². The number of aromatic nitrogens is 1. The topological polar surface area (TPSA) is 57.7 Å². The van der Waals surface area contributed by atoms with Crippen molar-refractivity contribution in [2.24, 2.45) is 0 Å². The molecule has 2 atom stereocenters. The Balaban J connectivity index is 1.45. The highest BCUT2D eigenvalue weighted by molar-refractivity contribution is 5.67. The highest BCUT2D eigenvalue weighted by Gasteiger charge is 2.36. The molecule has 1 amide bonds. The fourth-order valence-electron chi connectivity index (χ4n) is 3.93. The van der Waals surface area contributed by atoms with Crippen LogP contribution in [-0.2, 0) is 17.8 Å². The molecule has 0 aliphatic carbocycles. The average molecular weight is 316 g/mol. The number of likely N-dealkylation sites (tertiary alicyclic amines) is 1. The summed E-state index contributed by atoms with van der Waals surface area (Å²) in [5.74, 6) is 1.08. The molecule has 4 rings (SSSR count). The van der Waals surface area contributed by atoms with Crippen LogP contribution >= 0.6 is 0 Å². The summed E-state index contributed by atoms with van der Waals surface area (Å²) in [7, 11) is 0. The average Bonchev–Trinajstić information content (AvgIpc) is 3.20. The SMILES string of the molecule is CC1CNCC2Cc3ccc(COC(=O)N4CCCC4)nc3N12. The Morgan fingerprint density at radius 1 is 1.35 bits per heavy atom. The van der Waals surface area contributed by atoms with E-state index in [0.717, 1.165) is 57.0 Å². The second-order valence-electron chi connectivity index (χ2n) is 6.81. The summed E-state index contributed by atoms with van der Waals surface area (Å²) in [5.41, 5.74) is 2.14. The minimum absolute atomic E-state index is 0.210. The number of carbonyl (C=O) groups excluding carboxylic acids is 1. The number of amides is 1. The van der Waals surface area contributed by atoms with Gasteiger partial charge in [-0.3, -0.25) is 0 Å². The van der Waals surface area contributed by atoms with E-state index in [-0.39, 0.29) is 12.7 Å². The zero-order chi connectivity index (χ0) is 15.8. The van der Waals surface area contributed by atoms with Crippen molar-refractivity contribution in [3.8, 4) is 0 Å². The fourth-order valence-corrected chi connectivity index (χ4v) is 3.93. The van der Waals surface area contributed by atoms with E-state index >= 15 is 0 Å². The molecule has 6 nitrogen and oxygen atoms in total. The minimum atomic E-state index is -0.210. The maximum atomic E-state index is 12.0. The molecule has 2 saturated heterocycles. The quantitative estimate of drug-likeness (QED) is 0.897. The van der Waals surface area contributed by atoms with Crippen molar-refractivity contribution in [1.82, 2.24) is 15.2 Å². The third-order valence-corrected chi connectivity index (χ3v) is 5.11. The predicted octanol–water partition coefficient (Wildman–Crippen LogP) is 1.54. The monoisotopic (exact) mass is 316 g/mol. The summed E-state index contributed by atoms with van der Waals surface area (Å²) in [6.45, 7) is 6.13. The summed E-state index contributed by atoms with van der Waals surface area (Å²) >= 11 is 0. The number of fused-ring (bicyclic) bond motifs is 3. The first-order valence-electron chi connectivity index (χ1n) is 8.62. The molecule has 0 saturated carbocycles. The van der Waals surface area contributed by atoms with Gasteiger partial charge in [-0.2, -0.15) is 0 Å². The molecule has 0 bridgehead atoms. The highest BCUT2D eigenvalue weighted by Crippen LogP contribution is 2.33. The number of hydrogen-bond donors (Lipinski definition) is 1. The van der Waals surface area contributed by atoms with E-state index < -0.39 is 0 Å². The molecule has 1 aromatic heterocycles. The second kappa shape index (κ2) is 6.00. The van der Waals surface area contributed by atoms with Gasteiger partial charge in [-0.25, -0.2) is 9.78 Å². The van der Waals surface area contributed by atoms with E-state index in [4.69, 9.17) is 9.72 Å². The van der Waals surface area contributed by atoms with Crippen molar-refractivity contribution >= 4 is 11.9 Å². The van der Waals surface area contributed by atoms with Crippen molar-refractivity contribution < 1.29 is 9.53 Å². The lowest BCUT2D eigenvalue weighted by Gasteiger charge is -2.37. The Morgan fingerprint density at radius 2 is 2.17 bits per heavy atom. The van der Waals surface area contributed by atoms with Crippen molar-refractivity contribution in [2.75, 3.05) is 31.1 Å². The van der Waals surface area contributed by atoms with Gasteiger partial charge in [0.2, 0.25) is 0 Å². The lowest BCUT2D eigenvalue weighted by atomic mass is 10.1. The zero-order valence-electron chi connectivity index (χ0n) is 13.6. The molecule has 1 N–H and O–H groups in total. The number of nitrogens with one attached hydrogen (secondary N) is 1. The van der Waals surface area contributed by atoms with Crippen LogP contribution in [0, 0.1) is 0 Å². The third kappa shape index (κ3) is 2.76. The van der Waals surface area contributed by atoms with Crippen LogP contribution in [0.3, 0.4) is 0 Å². The number of carbonyl (C=O) groups is 1. The van der Waals surface area contributed by atoms with Gasteiger partial charge in [0.1, 0.15) is 12.4 Å². The molecule has 3 aliphatic heterocycles. The smallest absolute Gasteiger partial charge is 0.410 e. The number of pyridine rings is 1. The first-order valence-corrected chi connectivity index (χ1v) is 8.62. The van der Waals surface area contributed by atoms with E-state index in [0.29, 0.717) is 12.1 Å². The van der Waals surface area contributed by atoms with Crippen LogP contribution < -0.4 is 10.2 Å². The molecule has 0 radical (unpaired) electrons. The van der Waals surface area contributed by atoms with E-state index in [1.54, 1.807) is 4.90 Å². The maximum Gasteiger partial charge on any atom is 0.410 e. The standard InChI is InChI=1S/C17H24N4O2/c1-12-9-18-10-15-8-13-4-5-14(19-16(13)21(12)15)11-23-17(22)20-6-2-3-7-20/h4-5,12,15,18H,2-3,6-11H2,1H3. The van der Waals surface area contributed by atoms with Crippen LogP contribution in [-0.4, -0.2) is 54.2 Å². The van der Waals surface area contributed by atoms with E-state index in [1.165, 1.54) is 5.56 Å². The first-order chi connectivity index (χ1) is 11.2. The Hall–Kier alpha value is -1.82. The Bertz CT molecular complexity index is 600. The Kier molecular flexibility index (Phi) is 3.85. The van der Waals surface area contributed by atoms with Gasteiger partial charge >= 0.3 is 6.09 Å². The minimum Gasteiger partial charge on any atom is -0.443 e. The molecule has 124 valence electrons. The number of piperazine rings is 1. The van der Waals surface area contributed by atoms with Crippen LogP contribution in [0.4, 0.5) is 10.6 Å². The Morgan fingerprint density at radius 3 is 3.00 bits per heavy atom. The molecule has 23 heavy (non-hydrogen) atoms. The maximum absolute atomic E-state index is 12.0. The van der Waals surface area contributed by atoms with E-state index in [2.05, 4.69) is 23.2 Å². The Labute approximate surface area is 136 Å². The predicted molar refractivity (Wildman–Crippen MR) is 87.5 cm³/mol. The van der Waals surface area contributed by atoms with Gasteiger partial charge in [-0.1, -0.05) is 6.07 Å². The number of ether oxygens (including phenoxy) is 1. The van der Waals surface area contributed by atoms with Gasteiger partial charge in [-0.15, -0.1) is 0 Å². The van der Waals surface area contributed by atoms with Gasteiger partial charge in [0.05, 0.1) is 5.69 Å². The fraction of sp³-hybridized carbons (Fsp3) is 0.647. The molecule has 1 aromatic rings. The first kappa shape index (κ1) is 14.8. The summed E-state index contributed by atoms with van der Waals surface area (Å²) in [5, 5.41) is 3.48. The van der Waals surface area contributed by atoms with Gasteiger partial charge in [0, 0.05) is 38.3 Å². The second-order valence-corrected chi connectivity index (χ2v) is 6.81. The van der Waals surface area contributed by atoms with Gasteiger partial charge in [0.25, 0.3) is 0 Å². The van der Waals surface area contributed by atoms with Crippen LogP contribution in [0.2, 0.25) is 0 Å². The normalized spacial score (nSPS) is 26.1. The van der Waals surface area contributed by atoms with Crippen LogP contribution in [0.1, 0.15) is 31.0 Å². The van der Waals surface area contributed by atoms with Crippen molar-refractivity contribution in [2.45, 2.75) is 44.9 Å². The lowest BCUT2D eigenvalue weighted by molar-refractivity contribution is 0.103. The molecular weight excluding hydrogens is 292 g/mol. The zero-order valence-corrected chi connectivity index (χ0v) is 13.6. The summed E-state index contributed by atoms with van der Waals surface area (Å²) < 4.78 is 5.43. The molecule has 0 aromatic carbocycles. The number of rotatable bonds is 2. The number of nitrogens with zero attached hydrogens (tertiary/aromatic N) is 3. The largest absolute Gasteiger partial charge is 0.443 e. The van der Waals surface area contributed by atoms with E-state index in [9.17, 15) is 4.79 Å². The van der Waals surface area contributed by atoms with Crippen molar-refractivity contribution in [3.05, 3.63) is 23.4 Å². The van der Waals surface area contributed by atoms with Crippen LogP contribution in [0.25, 0.3) is 0 Å². The number of anilines is 1. The molecule has 0 spiro atoms.